The first-order chi connectivity index (χ1) is 11.8. The molecule has 124 valence electrons. The SMILES string of the molecule is CNc1c(Cl)ncnc1NCc1n[nH]c(COc2ccccc2)n1. The summed E-state index contributed by atoms with van der Waals surface area (Å²) in [6.45, 7) is 0.710. The number of anilines is 2. The minimum atomic E-state index is 0.318. The Kier molecular flexibility index (Phi) is 5.07. The second-order valence-electron chi connectivity index (χ2n) is 4.79. The summed E-state index contributed by atoms with van der Waals surface area (Å²) in [5.74, 6) is 2.61. The maximum atomic E-state index is 6.01. The summed E-state index contributed by atoms with van der Waals surface area (Å²) in [7, 11) is 1.75. The number of hydrogen-bond donors (Lipinski definition) is 3. The second-order valence-corrected chi connectivity index (χ2v) is 5.15. The van der Waals surface area contributed by atoms with Crippen LogP contribution < -0.4 is 15.4 Å². The maximum absolute atomic E-state index is 6.01. The van der Waals surface area contributed by atoms with E-state index in [0.717, 1.165) is 5.75 Å². The molecule has 0 radical (unpaired) electrons. The van der Waals surface area contributed by atoms with Crippen LogP contribution in [-0.2, 0) is 13.2 Å². The predicted octanol–water partition coefficient (Wildman–Crippen LogP) is 2.48. The first-order valence-electron chi connectivity index (χ1n) is 7.26. The van der Waals surface area contributed by atoms with Crippen LogP contribution in [-0.4, -0.2) is 32.2 Å². The molecule has 0 atom stereocenters. The number of aromatic amines is 1. The summed E-state index contributed by atoms with van der Waals surface area (Å²) < 4.78 is 5.62. The highest BCUT2D eigenvalue weighted by molar-refractivity contribution is 6.32. The average molecular weight is 346 g/mol. The molecule has 1 aromatic carbocycles. The van der Waals surface area contributed by atoms with Gasteiger partial charge in [-0.1, -0.05) is 29.8 Å². The van der Waals surface area contributed by atoms with Crippen LogP contribution in [0.5, 0.6) is 5.75 Å². The summed E-state index contributed by atoms with van der Waals surface area (Å²) in [6, 6.07) is 9.53. The third-order valence-electron chi connectivity index (χ3n) is 3.16. The summed E-state index contributed by atoms with van der Waals surface area (Å²) in [4.78, 5) is 12.4. The Labute approximate surface area is 143 Å². The van der Waals surface area contributed by atoms with Crippen molar-refractivity contribution in [1.82, 2.24) is 25.1 Å². The smallest absolute Gasteiger partial charge is 0.169 e. The van der Waals surface area contributed by atoms with Crippen molar-refractivity contribution in [2.45, 2.75) is 13.2 Å². The number of para-hydroxylation sites is 1. The van der Waals surface area contributed by atoms with Gasteiger partial charge in [0.15, 0.2) is 22.6 Å². The molecule has 0 saturated heterocycles. The Morgan fingerprint density at radius 2 is 2.04 bits per heavy atom. The molecule has 8 nitrogen and oxygen atoms in total. The fraction of sp³-hybridized carbons (Fsp3) is 0.200. The molecule has 2 heterocycles. The summed E-state index contributed by atoms with van der Waals surface area (Å²) in [5.41, 5.74) is 0.627. The van der Waals surface area contributed by atoms with Crippen LogP contribution in [0.25, 0.3) is 0 Å². The topological polar surface area (TPSA) is 101 Å². The minimum absolute atomic E-state index is 0.318. The molecule has 0 aliphatic heterocycles. The van der Waals surface area contributed by atoms with Gasteiger partial charge >= 0.3 is 0 Å². The van der Waals surface area contributed by atoms with E-state index in [1.54, 1.807) is 7.05 Å². The Balaban J connectivity index is 1.57. The third-order valence-corrected chi connectivity index (χ3v) is 3.45. The number of halogens is 1. The second kappa shape index (κ2) is 7.60. The number of nitrogens with zero attached hydrogens (tertiary/aromatic N) is 4. The zero-order valence-electron chi connectivity index (χ0n) is 13.0. The molecule has 3 N–H and O–H groups in total. The number of rotatable bonds is 7. The Morgan fingerprint density at radius 1 is 1.21 bits per heavy atom. The lowest BCUT2D eigenvalue weighted by Crippen LogP contribution is -2.07. The van der Waals surface area contributed by atoms with Crippen molar-refractivity contribution in [3.8, 4) is 5.75 Å². The van der Waals surface area contributed by atoms with E-state index in [2.05, 4.69) is 35.8 Å². The highest BCUT2D eigenvalue weighted by atomic mass is 35.5. The van der Waals surface area contributed by atoms with E-state index in [9.17, 15) is 0 Å². The van der Waals surface area contributed by atoms with Crippen LogP contribution in [0.4, 0.5) is 11.5 Å². The number of ether oxygens (including phenoxy) is 1. The quantitative estimate of drug-likeness (QED) is 0.565. The van der Waals surface area contributed by atoms with Crippen molar-refractivity contribution in [2.75, 3.05) is 17.7 Å². The van der Waals surface area contributed by atoms with Gasteiger partial charge in [0, 0.05) is 7.05 Å². The molecule has 0 spiro atoms. The maximum Gasteiger partial charge on any atom is 0.169 e. The Hall–Kier alpha value is -2.87. The largest absolute Gasteiger partial charge is 0.486 e. The Morgan fingerprint density at radius 3 is 2.83 bits per heavy atom. The molecule has 3 aromatic rings. The average Bonchev–Trinajstić information content (AvgIpc) is 3.07. The monoisotopic (exact) mass is 345 g/mol. The van der Waals surface area contributed by atoms with E-state index in [1.165, 1.54) is 6.33 Å². The van der Waals surface area contributed by atoms with E-state index in [-0.39, 0.29) is 0 Å². The molecule has 0 aliphatic rings. The zero-order valence-corrected chi connectivity index (χ0v) is 13.7. The van der Waals surface area contributed by atoms with E-state index in [4.69, 9.17) is 16.3 Å². The van der Waals surface area contributed by atoms with Crippen molar-refractivity contribution in [3.05, 3.63) is 53.5 Å². The summed E-state index contributed by atoms with van der Waals surface area (Å²) in [5, 5.41) is 13.4. The minimum Gasteiger partial charge on any atom is -0.486 e. The lowest BCUT2D eigenvalue weighted by molar-refractivity contribution is 0.296. The molecule has 24 heavy (non-hydrogen) atoms. The molecule has 9 heteroatoms. The van der Waals surface area contributed by atoms with E-state index in [1.807, 2.05) is 30.3 Å². The molecule has 0 aliphatic carbocycles. The van der Waals surface area contributed by atoms with E-state index < -0.39 is 0 Å². The summed E-state index contributed by atoms with van der Waals surface area (Å²) in [6.07, 6.45) is 1.39. The lowest BCUT2D eigenvalue weighted by Gasteiger charge is -2.09. The molecular weight excluding hydrogens is 330 g/mol. The standard InChI is InChI=1S/C15H16ClN7O/c1-17-13-14(16)19-9-20-15(13)18-7-11-21-12(23-22-11)8-24-10-5-3-2-4-6-10/h2-6,9,17H,7-8H2,1H3,(H,18,19,20)(H,21,22,23). The molecule has 0 unspecified atom stereocenters. The lowest BCUT2D eigenvalue weighted by atomic mass is 10.3. The number of H-pyrrole nitrogens is 1. The van der Waals surface area contributed by atoms with Crippen molar-refractivity contribution in [2.24, 2.45) is 0 Å². The van der Waals surface area contributed by atoms with Crippen LogP contribution in [0.2, 0.25) is 5.15 Å². The third kappa shape index (κ3) is 3.90. The van der Waals surface area contributed by atoms with Gasteiger partial charge in [-0.05, 0) is 12.1 Å². The van der Waals surface area contributed by atoms with Crippen LogP contribution in [0.3, 0.4) is 0 Å². The molecule has 0 amide bonds. The molecule has 3 rings (SSSR count). The first-order valence-corrected chi connectivity index (χ1v) is 7.64. The fourth-order valence-electron chi connectivity index (χ4n) is 2.03. The van der Waals surface area contributed by atoms with Crippen LogP contribution in [0, 0.1) is 0 Å². The van der Waals surface area contributed by atoms with Gasteiger partial charge in [0.1, 0.15) is 24.4 Å². The van der Waals surface area contributed by atoms with Crippen LogP contribution in [0.15, 0.2) is 36.7 Å². The van der Waals surface area contributed by atoms with Gasteiger partial charge in [0.05, 0.1) is 6.54 Å². The van der Waals surface area contributed by atoms with Crippen molar-refractivity contribution >= 4 is 23.1 Å². The first kappa shape index (κ1) is 16.0. The highest BCUT2D eigenvalue weighted by Gasteiger charge is 2.09. The van der Waals surface area contributed by atoms with Gasteiger partial charge in [0.25, 0.3) is 0 Å². The van der Waals surface area contributed by atoms with Crippen molar-refractivity contribution < 1.29 is 4.74 Å². The summed E-state index contributed by atoms with van der Waals surface area (Å²) >= 11 is 6.01. The van der Waals surface area contributed by atoms with Gasteiger partial charge in [-0.15, -0.1) is 0 Å². The van der Waals surface area contributed by atoms with Gasteiger partial charge in [-0.2, -0.15) is 5.10 Å². The number of benzene rings is 1. The number of hydrogen-bond acceptors (Lipinski definition) is 7. The molecule has 0 fully saturated rings. The molecule has 2 aromatic heterocycles. The van der Waals surface area contributed by atoms with Crippen LogP contribution >= 0.6 is 11.6 Å². The predicted molar refractivity (Wildman–Crippen MR) is 91.1 cm³/mol. The number of nitrogens with one attached hydrogen (secondary N) is 3. The highest BCUT2D eigenvalue weighted by Crippen LogP contribution is 2.25. The van der Waals surface area contributed by atoms with Gasteiger partial charge in [-0.25, -0.2) is 15.0 Å². The van der Waals surface area contributed by atoms with Gasteiger partial charge < -0.3 is 15.4 Å². The zero-order chi connectivity index (χ0) is 16.8. The molecular formula is C15H16ClN7O. The van der Waals surface area contributed by atoms with Gasteiger partial charge in [0.2, 0.25) is 0 Å². The van der Waals surface area contributed by atoms with Gasteiger partial charge in [-0.3, -0.25) is 5.10 Å². The fourth-order valence-corrected chi connectivity index (χ4v) is 2.26. The van der Waals surface area contributed by atoms with Crippen molar-refractivity contribution in [1.29, 1.82) is 0 Å². The number of aromatic nitrogens is 5. The van der Waals surface area contributed by atoms with Crippen molar-refractivity contribution in [3.63, 3.8) is 0 Å². The van der Waals surface area contributed by atoms with Crippen LogP contribution in [0.1, 0.15) is 11.6 Å². The Bertz CT molecular complexity index is 794. The normalized spacial score (nSPS) is 10.4. The molecule has 0 bridgehead atoms. The van der Waals surface area contributed by atoms with E-state index in [0.29, 0.717) is 41.5 Å². The van der Waals surface area contributed by atoms with E-state index >= 15 is 0 Å². The molecule has 0 saturated carbocycles.